The third kappa shape index (κ3) is 2.46. The van der Waals surface area contributed by atoms with Crippen molar-refractivity contribution in [3.8, 4) is 0 Å². The van der Waals surface area contributed by atoms with Crippen molar-refractivity contribution in [1.29, 1.82) is 0 Å². The Kier molecular flexibility index (Phi) is 3.97. The maximum atomic E-state index is 11.9. The van der Waals surface area contributed by atoms with Crippen LogP contribution in [0.4, 0.5) is 0 Å². The molecule has 1 aromatic heterocycles. The maximum Gasteiger partial charge on any atom is 0.256 e. The van der Waals surface area contributed by atoms with Crippen molar-refractivity contribution in [2.24, 2.45) is 0 Å². The van der Waals surface area contributed by atoms with Crippen LogP contribution in [0.1, 0.15) is 29.6 Å². The van der Waals surface area contributed by atoms with Gasteiger partial charge in [-0.15, -0.1) is 0 Å². The maximum absolute atomic E-state index is 11.9. The van der Waals surface area contributed by atoms with Gasteiger partial charge in [-0.1, -0.05) is 6.42 Å². The van der Waals surface area contributed by atoms with Gasteiger partial charge in [0.15, 0.2) is 4.67 Å². The second-order valence-corrected chi connectivity index (χ2v) is 5.69. The number of halogens is 1. The van der Waals surface area contributed by atoms with Gasteiger partial charge in [0.2, 0.25) is 0 Å². The topological polar surface area (TPSA) is 42.2 Å². The van der Waals surface area contributed by atoms with Gasteiger partial charge in [-0.05, 0) is 41.1 Å². The van der Waals surface area contributed by atoms with Gasteiger partial charge < -0.3 is 9.73 Å². The molecule has 2 atom stereocenters. The highest BCUT2D eigenvalue weighted by Crippen LogP contribution is 2.29. The van der Waals surface area contributed by atoms with Gasteiger partial charge in [-0.25, -0.2) is 0 Å². The van der Waals surface area contributed by atoms with Crippen LogP contribution < -0.4 is 5.32 Å². The van der Waals surface area contributed by atoms with E-state index >= 15 is 0 Å². The van der Waals surface area contributed by atoms with Gasteiger partial charge in [0, 0.05) is 11.3 Å². The highest BCUT2D eigenvalue weighted by Gasteiger charge is 2.28. The van der Waals surface area contributed by atoms with Crippen molar-refractivity contribution in [3.63, 3.8) is 0 Å². The predicted molar refractivity (Wildman–Crippen MR) is 68.8 cm³/mol. The summed E-state index contributed by atoms with van der Waals surface area (Å²) in [6, 6.07) is 1.98. The van der Waals surface area contributed by atoms with E-state index in [2.05, 4.69) is 27.5 Å². The number of carbonyl (C=O) groups is 1. The van der Waals surface area contributed by atoms with E-state index in [0.29, 0.717) is 21.5 Å². The first-order chi connectivity index (χ1) is 7.72. The summed E-state index contributed by atoms with van der Waals surface area (Å²) in [6.45, 7) is 0. The van der Waals surface area contributed by atoms with Gasteiger partial charge in [0.25, 0.3) is 5.91 Å². The van der Waals surface area contributed by atoms with Crippen molar-refractivity contribution < 1.29 is 9.21 Å². The average molecular weight is 304 g/mol. The molecule has 5 heteroatoms. The number of carbonyl (C=O) groups excluding carboxylic acids is 1. The molecule has 1 heterocycles. The van der Waals surface area contributed by atoms with Crippen molar-refractivity contribution in [1.82, 2.24) is 5.32 Å². The van der Waals surface area contributed by atoms with Crippen LogP contribution in [0.25, 0.3) is 0 Å². The first-order valence-electron chi connectivity index (χ1n) is 5.29. The Labute approximate surface area is 107 Å². The largest absolute Gasteiger partial charge is 0.457 e. The summed E-state index contributed by atoms with van der Waals surface area (Å²) >= 11 is 5.05. The SMILES string of the molecule is CSC1CCCC1NC(=O)c1ccoc1Br. The Balaban J connectivity index is 2.00. The molecular weight excluding hydrogens is 290 g/mol. The average Bonchev–Trinajstić information content (AvgIpc) is 2.86. The molecule has 3 nitrogen and oxygen atoms in total. The van der Waals surface area contributed by atoms with Crippen molar-refractivity contribution in [2.75, 3.05) is 6.26 Å². The number of thioether (sulfide) groups is 1. The molecule has 1 N–H and O–H groups in total. The Bertz CT molecular complexity index is 380. The van der Waals surface area contributed by atoms with E-state index < -0.39 is 0 Å². The van der Waals surface area contributed by atoms with Crippen molar-refractivity contribution >= 4 is 33.6 Å². The quantitative estimate of drug-likeness (QED) is 0.933. The Morgan fingerprint density at radius 1 is 1.62 bits per heavy atom. The summed E-state index contributed by atoms with van der Waals surface area (Å²) in [5.74, 6) is -0.0495. The zero-order valence-corrected chi connectivity index (χ0v) is 11.4. The van der Waals surface area contributed by atoms with Gasteiger partial charge in [-0.2, -0.15) is 11.8 Å². The summed E-state index contributed by atoms with van der Waals surface area (Å²) in [6.07, 6.45) is 7.08. The Hall–Kier alpha value is -0.420. The number of furan rings is 1. The number of hydrogen-bond donors (Lipinski definition) is 1. The monoisotopic (exact) mass is 303 g/mol. The van der Waals surface area contributed by atoms with Crippen molar-refractivity contribution in [3.05, 3.63) is 22.6 Å². The fourth-order valence-corrected chi connectivity index (χ4v) is 3.43. The van der Waals surface area contributed by atoms with Crippen LogP contribution in [0.15, 0.2) is 21.4 Å². The molecule has 0 saturated heterocycles. The molecule has 1 saturated carbocycles. The van der Waals surface area contributed by atoms with E-state index in [0.717, 1.165) is 6.42 Å². The zero-order valence-electron chi connectivity index (χ0n) is 9.03. The van der Waals surface area contributed by atoms with Crippen LogP contribution in [-0.4, -0.2) is 23.5 Å². The molecule has 0 aliphatic heterocycles. The molecule has 0 bridgehead atoms. The Morgan fingerprint density at radius 2 is 2.44 bits per heavy atom. The summed E-state index contributed by atoms with van der Waals surface area (Å²) < 4.78 is 5.56. The van der Waals surface area contributed by atoms with Crippen LogP contribution in [0.3, 0.4) is 0 Å². The highest BCUT2D eigenvalue weighted by atomic mass is 79.9. The molecule has 1 fully saturated rings. The van der Waals surface area contributed by atoms with E-state index in [4.69, 9.17) is 4.42 Å². The number of amides is 1. The lowest BCUT2D eigenvalue weighted by Crippen LogP contribution is -2.38. The standard InChI is InChI=1S/C11H14BrNO2S/c1-16-9-4-2-3-8(9)13-11(14)7-5-6-15-10(7)12/h5-6,8-9H,2-4H2,1H3,(H,13,14). The normalized spacial score (nSPS) is 24.6. The second-order valence-electron chi connectivity index (χ2n) is 3.89. The van der Waals surface area contributed by atoms with Crippen LogP contribution in [0.5, 0.6) is 0 Å². The Morgan fingerprint density at radius 3 is 3.06 bits per heavy atom. The van der Waals surface area contributed by atoms with Gasteiger partial charge >= 0.3 is 0 Å². The van der Waals surface area contributed by atoms with E-state index in [1.165, 1.54) is 19.1 Å². The fraction of sp³-hybridized carbons (Fsp3) is 0.545. The number of nitrogens with one attached hydrogen (secondary N) is 1. The summed E-state index contributed by atoms with van der Waals surface area (Å²) in [5.41, 5.74) is 0.576. The number of rotatable bonds is 3. The molecule has 0 spiro atoms. The molecule has 1 aliphatic rings. The minimum Gasteiger partial charge on any atom is -0.457 e. The fourth-order valence-electron chi connectivity index (χ4n) is 2.08. The lowest BCUT2D eigenvalue weighted by atomic mass is 10.2. The lowest BCUT2D eigenvalue weighted by molar-refractivity contribution is 0.0937. The number of hydrogen-bond acceptors (Lipinski definition) is 3. The van der Waals surface area contributed by atoms with Gasteiger partial charge in [0.05, 0.1) is 11.8 Å². The zero-order chi connectivity index (χ0) is 11.5. The molecule has 88 valence electrons. The molecule has 16 heavy (non-hydrogen) atoms. The third-order valence-corrected chi connectivity index (χ3v) is 4.72. The van der Waals surface area contributed by atoms with E-state index in [1.807, 2.05) is 11.8 Å². The molecule has 1 aliphatic carbocycles. The third-order valence-electron chi connectivity index (χ3n) is 2.93. The summed E-state index contributed by atoms with van der Waals surface area (Å²) in [5, 5.41) is 3.62. The minimum atomic E-state index is -0.0495. The molecule has 2 unspecified atom stereocenters. The highest BCUT2D eigenvalue weighted by molar-refractivity contribution is 9.10. The van der Waals surface area contributed by atoms with Gasteiger partial charge in [-0.3, -0.25) is 4.79 Å². The molecule has 2 rings (SSSR count). The molecular formula is C11H14BrNO2S. The molecule has 1 amide bonds. The van der Waals surface area contributed by atoms with Crippen LogP contribution in [0.2, 0.25) is 0 Å². The summed E-state index contributed by atoms with van der Waals surface area (Å²) in [4.78, 5) is 11.9. The van der Waals surface area contributed by atoms with Crippen LogP contribution >= 0.6 is 27.7 Å². The van der Waals surface area contributed by atoms with E-state index in [9.17, 15) is 4.79 Å². The van der Waals surface area contributed by atoms with Crippen molar-refractivity contribution in [2.45, 2.75) is 30.6 Å². The first-order valence-corrected chi connectivity index (χ1v) is 7.37. The van der Waals surface area contributed by atoms with Crippen LogP contribution in [0, 0.1) is 0 Å². The minimum absolute atomic E-state index is 0.0495. The smallest absolute Gasteiger partial charge is 0.256 e. The first kappa shape index (κ1) is 12.0. The van der Waals surface area contributed by atoms with Crippen LogP contribution in [-0.2, 0) is 0 Å². The molecule has 1 aromatic rings. The van der Waals surface area contributed by atoms with Gasteiger partial charge in [0.1, 0.15) is 0 Å². The second kappa shape index (κ2) is 5.27. The predicted octanol–water partition coefficient (Wildman–Crippen LogP) is 3.06. The molecule has 0 aromatic carbocycles. The lowest BCUT2D eigenvalue weighted by Gasteiger charge is -2.18. The molecule has 0 radical (unpaired) electrons. The van der Waals surface area contributed by atoms with E-state index in [-0.39, 0.29) is 5.91 Å². The van der Waals surface area contributed by atoms with E-state index in [1.54, 1.807) is 6.07 Å². The summed E-state index contributed by atoms with van der Waals surface area (Å²) in [7, 11) is 0.